The van der Waals surface area contributed by atoms with Crippen molar-refractivity contribution in [3.8, 4) is 0 Å². The summed E-state index contributed by atoms with van der Waals surface area (Å²) in [5.41, 5.74) is 2.07. The second-order valence-electron chi connectivity index (χ2n) is 6.84. The van der Waals surface area contributed by atoms with Gasteiger partial charge in [0.15, 0.2) is 0 Å². The van der Waals surface area contributed by atoms with Gasteiger partial charge in [-0.3, -0.25) is 0 Å². The molecule has 0 radical (unpaired) electrons. The predicted octanol–water partition coefficient (Wildman–Crippen LogP) is 3.24. The predicted molar refractivity (Wildman–Crippen MR) is 86.0 cm³/mol. The van der Waals surface area contributed by atoms with Crippen LogP contribution in [0.25, 0.3) is 0 Å². The Bertz CT molecular complexity index is 478. The van der Waals surface area contributed by atoms with Crippen LogP contribution in [0, 0.1) is 11.3 Å². The molecule has 4 aliphatic heterocycles. The Morgan fingerprint density at radius 1 is 1.15 bits per heavy atom. The van der Waals surface area contributed by atoms with Crippen LogP contribution in [0.4, 0.5) is 0 Å². The van der Waals surface area contributed by atoms with Gasteiger partial charge in [0.1, 0.15) is 0 Å². The van der Waals surface area contributed by atoms with E-state index in [-0.39, 0.29) is 0 Å². The second kappa shape index (κ2) is 5.11. The Balaban J connectivity index is 1.71. The van der Waals surface area contributed by atoms with Crippen molar-refractivity contribution in [1.29, 1.82) is 0 Å². The summed E-state index contributed by atoms with van der Waals surface area (Å²) >= 11 is 3.57. The van der Waals surface area contributed by atoms with Crippen molar-refractivity contribution in [1.82, 2.24) is 10.2 Å². The third-order valence-corrected chi connectivity index (χ3v) is 6.53. The van der Waals surface area contributed by atoms with Gasteiger partial charge >= 0.3 is 0 Å². The number of hydrogen-bond donors (Lipinski definition) is 1. The molecule has 1 aromatic carbocycles. The maximum absolute atomic E-state index is 3.65. The average molecular weight is 335 g/mol. The Labute approximate surface area is 130 Å². The van der Waals surface area contributed by atoms with E-state index < -0.39 is 0 Å². The van der Waals surface area contributed by atoms with Crippen molar-refractivity contribution in [2.24, 2.45) is 11.3 Å². The van der Waals surface area contributed by atoms with Crippen LogP contribution in [0.3, 0.4) is 0 Å². The van der Waals surface area contributed by atoms with Crippen LogP contribution in [0.1, 0.15) is 30.7 Å². The van der Waals surface area contributed by atoms with E-state index in [4.69, 9.17) is 0 Å². The zero-order valence-electron chi connectivity index (χ0n) is 11.9. The molecule has 1 spiro atoms. The summed E-state index contributed by atoms with van der Waals surface area (Å²) in [6.45, 7) is 6.38. The summed E-state index contributed by atoms with van der Waals surface area (Å²) in [6, 6.07) is 9.08. The van der Waals surface area contributed by atoms with Gasteiger partial charge in [-0.05, 0) is 67.9 Å². The molecule has 2 nitrogen and oxygen atoms in total. The molecule has 3 heteroatoms. The summed E-state index contributed by atoms with van der Waals surface area (Å²) < 4.78 is 1.19. The normalized spacial score (nSPS) is 40.1. The number of piperidine rings is 4. The molecule has 4 aliphatic rings. The van der Waals surface area contributed by atoms with E-state index in [2.05, 4.69) is 50.4 Å². The van der Waals surface area contributed by atoms with Crippen LogP contribution in [0.15, 0.2) is 28.7 Å². The fourth-order valence-electron chi connectivity index (χ4n) is 4.98. The lowest BCUT2D eigenvalue weighted by Gasteiger charge is -2.58. The molecule has 20 heavy (non-hydrogen) atoms. The molecule has 1 aromatic rings. The highest BCUT2D eigenvalue weighted by molar-refractivity contribution is 9.10. The van der Waals surface area contributed by atoms with E-state index in [1.807, 2.05) is 0 Å². The third-order valence-electron chi connectivity index (χ3n) is 6.00. The largest absolute Gasteiger partial charge is 0.316 e. The van der Waals surface area contributed by atoms with E-state index in [0.717, 1.165) is 12.5 Å². The number of hydrogen-bond acceptors (Lipinski definition) is 2. The van der Waals surface area contributed by atoms with Gasteiger partial charge < -0.3 is 10.2 Å². The molecule has 4 heterocycles. The standard InChI is InChI=1S/C17H23BrN2/c18-15-3-1-13(2-4-15)16-11-19-8-7-17(16)12-20-9-5-14(17)6-10-20/h1-4,14,16,19H,5-12H2. The molecule has 108 valence electrons. The molecule has 1 N–H and O–H groups in total. The van der Waals surface area contributed by atoms with Gasteiger partial charge in [0.2, 0.25) is 0 Å². The lowest BCUT2D eigenvalue weighted by atomic mass is 9.56. The van der Waals surface area contributed by atoms with Crippen molar-refractivity contribution in [3.63, 3.8) is 0 Å². The van der Waals surface area contributed by atoms with Crippen molar-refractivity contribution in [3.05, 3.63) is 34.3 Å². The topological polar surface area (TPSA) is 15.3 Å². The van der Waals surface area contributed by atoms with Gasteiger partial charge in [-0.1, -0.05) is 28.1 Å². The summed E-state index contributed by atoms with van der Waals surface area (Å²) in [7, 11) is 0. The Kier molecular flexibility index (Phi) is 3.40. The molecule has 4 saturated heterocycles. The minimum atomic E-state index is 0.537. The first-order valence-electron chi connectivity index (χ1n) is 7.96. The van der Waals surface area contributed by atoms with Crippen LogP contribution in [0.2, 0.25) is 0 Å². The van der Waals surface area contributed by atoms with E-state index in [0.29, 0.717) is 11.3 Å². The first-order valence-corrected chi connectivity index (χ1v) is 8.76. The smallest absolute Gasteiger partial charge is 0.0175 e. The molecule has 5 rings (SSSR count). The Hall–Kier alpha value is -0.380. The summed E-state index contributed by atoms with van der Waals surface area (Å²) in [5.74, 6) is 1.64. The first kappa shape index (κ1) is 13.3. The lowest BCUT2D eigenvalue weighted by Crippen LogP contribution is -2.60. The van der Waals surface area contributed by atoms with Gasteiger partial charge in [0.05, 0.1) is 0 Å². The molecule has 0 aliphatic carbocycles. The SMILES string of the molecule is Brc1ccc(C2CNCCC23CN2CCC3CC2)cc1. The minimum absolute atomic E-state index is 0.537. The molecular weight excluding hydrogens is 312 g/mol. The lowest BCUT2D eigenvalue weighted by molar-refractivity contribution is -0.0617. The molecule has 2 unspecified atom stereocenters. The summed E-state index contributed by atoms with van der Waals surface area (Å²) in [5, 5.41) is 3.65. The van der Waals surface area contributed by atoms with Crippen LogP contribution < -0.4 is 5.32 Å². The Morgan fingerprint density at radius 3 is 2.55 bits per heavy atom. The second-order valence-corrected chi connectivity index (χ2v) is 7.76. The van der Waals surface area contributed by atoms with Gasteiger partial charge in [0.25, 0.3) is 0 Å². The van der Waals surface area contributed by atoms with Gasteiger partial charge in [0, 0.05) is 23.5 Å². The molecular formula is C17H23BrN2. The van der Waals surface area contributed by atoms with Crippen LogP contribution >= 0.6 is 15.9 Å². The van der Waals surface area contributed by atoms with Gasteiger partial charge in [-0.15, -0.1) is 0 Å². The molecule has 4 fully saturated rings. The third kappa shape index (κ3) is 2.06. The highest BCUT2D eigenvalue weighted by Crippen LogP contribution is 2.54. The van der Waals surface area contributed by atoms with Crippen molar-refractivity contribution in [2.75, 3.05) is 32.7 Å². The van der Waals surface area contributed by atoms with Gasteiger partial charge in [-0.25, -0.2) is 0 Å². The van der Waals surface area contributed by atoms with Crippen molar-refractivity contribution < 1.29 is 0 Å². The number of nitrogens with zero attached hydrogens (tertiary/aromatic N) is 1. The molecule has 2 bridgehead atoms. The number of nitrogens with one attached hydrogen (secondary N) is 1. The summed E-state index contributed by atoms with van der Waals surface area (Å²) in [4.78, 5) is 2.72. The number of fused-ring (bicyclic) bond motifs is 2. The van der Waals surface area contributed by atoms with Crippen molar-refractivity contribution in [2.45, 2.75) is 25.2 Å². The van der Waals surface area contributed by atoms with E-state index in [1.165, 1.54) is 55.5 Å². The number of rotatable bonds is 1. The first-order chi connectivity index (χ1) is 9.78. The van der Waals surface area contributed by atoms with Crippen LogP contribution in [-0.2, 0) is 0 Å². The Morgan fingerprint density at radius 2 is 1.90 bits per heavy atom. The maximum Gasteiger partial charge on any atom is 0.0175 e. The number of benzene rings is 1. The zero-order valence-corrected chi connectivity index (χ0v) is 13.5. The van der Waals surface area contributed by atoms with E-state index in [9.17, 15) is 0 Å². The van der Waals surface area contributed by atoms with Crippen LogP contribution in [-0.4, -0.2) is 37.6 Å². The summed E-state index contributed by atoms with van der Waals surface area (Å²) in [6.07, 6.45) is 4.20. The zero-order chi connectivity index (χ0) is 13.6. The molecule has 2 atom stereocenters. The molecule has 0 amide bonds. The number of halogens is 1. The quantitative estimate of drug-likeness (QED) is 0.848. The fraction of sp³-hybridized carbons (Fsp3) is 0.647. The maximum atomic E-state index is 3.65. The van der Waals surface area contributed by atoms with Crippen molar-refractivity contribution >= 4 is 15.9 Å². The minimum Gasteiger partial charge on any atom is -0.316 e. The molecule has 0 aromatic heterocycles. The van der Waals surface area contributed by atoms with Gasteiger partial charge in [-0.2, -0.15) is 0 Å². The monoisotopic (exact) mass is 334 g/mol. The molecule has 0 saturated carbocycles. The average Bonchev–Trinajstić information content (AvgIpc) is 2.50. The fourth-order valence-corrected chi connectivity index (χ4v) is 5.24. The van der Waals surface area contributed by atoms with E-state index >= 15 is 0 Å². The van der Waals surface area contributed by atoms with E-state index in [1.54, 1.807) is 0 Å². The van der Waals surface area contributed by atoms with Crippen LogP contribution in [0.5, 0.6) is 0 Å². The highest BCUT2D eigenvalue weighted by Gasteiger charge is 2.52. The highest BCUT2D eigenvalue weighted by atomic mass is 79.9.